The molecule has 1 atom stereocenters. The molecule has 0 spiro atoms. The Morgan fingerprint density at radius 2 is 1.86 bits per heavy atom. The summed E-state index contributed by atoms with van der Waals surface area (Å²) in [6.07, 6.45) is 4.94. The highest BCUT2D eigenvalue weighted by atomic mass is 16.5. The summed E-state index contributed by atoms with van der Waals surface area (Å²) in [6, 6.07) is 15.3. The lowest BCUT2D eigenvalue weighted by atomic mass is 10.0. The topological polar surface area (TPSA) is 50.3 Å². The van der Waals surface area contributed by atoms with Gasteiger partial charge in [-0.1, -0.05) is 30.3 Å². The molecule has 0 amide bonds. The van der Waals surface area contributed by atoms with Gasteiger partial charge in [0.05, 0.1) is 7.11 Å². The number of anilines is 1. The average Bonchev–Trinajstić information content (AvgIpc) is 3.59. The van der Waals surface area contributed by atoms with Gasteiger partial charge in [0, 0.05) is 28.9 Å². The lowest BCUT2D eigenvalue weighted by molar-refractivity contribution is 0.261. The number of methoxy groups -OCH3 is 1. The minimum Gasteiger partial charge on any atom is -0.496 e. The third kappa shape index (κ3) is 3.67. The van der Waals surface area contributed by atoms with E-state index in [-0.39, 0.29) is 0 Å². The van der Waals surface area contributed by atoms with E-state index in [2.05, 4.69) is 69.9 Å². The Morgan fingerprint density at radius 1 is 1.03 bits per heavy atom. The quantitative estimate of drug-likeness (QED) is 0.687. The van der Waals surface area contributed by atoms with Gasteiger partial charge >= 0.3 is 0 Å². The van der Waals surface area contributed by atoms with Crippen molar-refractivity contribution in [2.45, 2.75) is 37.6 Å². The van der Waals surface area contributed by atoms with Crippen LogP contribution < -0.4 is 10.1 Å². The summed E-state index contributed by atoms with van der Waals surface area (Å²) in [4.78, 5) is 2.37. The number of nitrogens with one attached hydrogen (secondary N) is 1. The molecule has 1 unspecified atom stereocenters. The summed E-state index contributed by atoms with van der Waals surface area (Å²) < 4.78 is 5.74. The molecule has 2 aromatic carbocycles. The number of hydrogen-bond donors (Lipinski definition) is 1. The molecule has 3 aromatic rings. The molecule has 2 fully saturated rings. The molecule has 0 radical (unpaired) electrons. The molecule has 1 saturated heterocycles. The van der Waals surface area contributed by atoms with Crippen LogP contribution in [0.25, 0.3) is 22.0 Å². The number of aromatic nitrogens is 2. The molecule has 1 N–H and O–H groups in total. The highest BCUT2D eigenvalue weighted by Crippen LogP contribution is 2.43. The Balaban J connectivity index is 1.54. The Hall–Kier alpha value is -2.66. The van der Waals surface area contributed by atoms with E-state index < -0.39 is 0 Å². The minimum atomic E-state index is 0.407. The summed E-state index contributed by atoms with van der Waals surface area (Å²) in [7, 11) is 3.92. The van der Waals surface area contributed by atoms with E-state index in [9.17, 15) is 0 Å². The monoisotopic (exact) mass is 388 g/mol. The second kappa shape index (κ2) is 7.64. The number of nitrogens with zero attached hydrogens (tertiary/aromatic N) is 3. The van der Waals surface area contributed by atoms with Gasteiger partial charge in [0.15, 0.2) is 5.82 Å². The van der Waals surface area contributed by atoms with Crippen LogP contribution in [0.5, 0.6) is 5.75 Å². The van der Waals surface area contributed by atoms with E-state index in [1.165, 1.54) is 37.8 Å². The van der Waals surface area contributed by atoms with Gasteiger partial charge in [-0.25, -0.2) is 0 Å². The van der Waals surface area contributed by atoms with Crippen molar-refractivity contribution in [3.05, 3.63) is 48.0 Å². The number of piperidine rings is 1. The van der Waals surface area contributed by atoms with E-state index in [0.29, 0.717) is 12.0 Å². The van der Waals surface area contributed by atoms with E-state index in [0.717, 1.165) is 40.1 Å². The van der Waals surface area contributed by atoms with E-state index in [1.54, 1.807) is 7.11 Å². The molecule has 1 aromatic heterocycles. The number of likely N-dealkylation sites (N-methyl/N-ethyl adjacent to an activating group) is 1. The van der Waals surface area contributed by atoms with E-state index in [4.69, 9.17) is 4.74 Å². The molecule has 5 nitrogen and oxygen atoms in total. The summed E-state index contributed by atoms with van der Waals surface area (Å²) in [5.74, 6) is 2.45. The second-order valence-electron chi connectivity index (χ2n) is 8.42. The molecule has 29 heavy (non-hydrogen) atoms. The van der Waals surface area contributed by atoms with Crippen molar-refractivity contribution in [1.29, 1.82) is 0 Å². The second-order valence-corrected chi connectivity index (χ2v) is 8.42. The van der Waals surface area contributed by atoms with Crippen LogP contribution in [0.3, 0.4) is 0 Å². The number of ether oxygens (including phenoxy) is 1. The molecule has 5 rings (SSSR count). The molecule has 0 bridgehead atoms. The fraction of sp³-hybridized carbons (Fsp3) is 0.417. The molecule has 1 aliphatic carbocycles. The lowest BCUT2D eigenvalue weighted by Crippen LogP contribution is -2.40. The molecular weight excluding hydrogens is 360 g/mol. The Morgan fingerprint density at radius 3 is 2.62 bits per heavy atom. The van der Waals surface area contributed by atoms with Crippen molar-refractivity contribution >= 4 is 16.6 Å². The van der Waals surface area contributed by atoms with Gasteiger partial charge in [-0.2, -0.15) is 0 Å². The molecule has 5 heteroatoms. The van der Waals surface area contributed by atoms with Crippen molar-refractivity contribution in [1.82, 2.24) is 15.1 Å². The van der Waals surface area contributed by atoms with Crippen LogP contribution >= 0.6 is 0 Å². The number of hydrogen-bond acceptors (Lipinski definition) is 5. The number of rotatable bonds is 5. The van der Waals surface area contributed by atoms with Gasteiger partial charge < -0.3 is 15.0 Å². The number of benzene rings is 2. The van der Waals surface area contributed by atoms with Gasteiger partial charge in [-0.15, -0.1) is 10.2 Å². The lowest BCUT2D eigenvalue weighted by Gasteiger charge is -2.30. The van der Waals surface area contributed by atoms with Crippen molar-refractivity contribution in [3.63, 3.8) is 0 Å². The zero-order chi connectivity index (χ0) is 19.8. The van der Waals surface area contributed by atoms with Crippen LogP contribution in [0.2, 0.25) is 0 Å². The van der Waals surface area contributed by atoms with Gasteiger partial charge in [-0.05, 0) is 62.9 Å². The third-order valence-electron chi connectivity index (χ3n) is 6.18. The van der Waals surface area contributed by atoms with Crippen molar-refractivity contribution in [3.8, 4) is 17.0 Å². The van der Waals surface area contributed by atoms with Crippen LogP contribution in [0.1, 0.15) is 37.2 Å². The zero-order valence-electron chi connectivity index (χ0n) is 17.2. The van der Waals surface area contributed by atoms with E-state index >= 15 is 0 Å². The summed E-state index contributed by atoms with van der Waals surface area (Å²) in [5.41, 5.74) is 3.25. The van der Waals surface area contributed by atoms with E-state index in [1.807, 2.05) is 0 Å². The Labute approximate surface area is 172 Å². The largest absolute Gasteiger partial charge is 0.496 e. The predicted molar refractivity (Wildman–Crippen MR) is 118 cm³/mol. The SMILES string of the molecule is COc1cc(C2CC2)ccc1-c1nnc(NC2CCCN(C)C2)c2ccccc12. The third-order valence-corrected chi connectivity index (χ3v) is 6.18. The first-order valence-corrected chi connectivity index (χ1v) is 10.6. The molecule has 2 aliphatic rings. The maximum atomic E-state index is 5.74. The summed E-state index contributed by atoms with van der Waals surface area (Å²) in [6.45, 7) is 2.20. The fourth-order valence-corrected chi connectivity index (χ4v) is 4.46. The summed E-state index contributed by atoms with van der Waals surface area (Å²) >= 11 is 0. The molecule has 1 saturated carbocycles. The van der Waals surface area contributed by atoms with Crippen LogP contribution in [-0.4, -0.2) is 48.4 Å². The van der Waals surface area contributed by atoms with Crippen molar-refractivity contribution in [2.24, 2.45) is 0 Å². The Bertz CT molecular complexity index is 1030. The smallest absolute Gasteiger partial charge is 0.156 e. The first-order valence-electron chi connectivity index (χ1n) is 10.6. The van der Waals surface area contributed by atoms with Crippen LogP contribution in [-0.2, 0) is 0 Å². The van der Waals surface area contributed by atoms with Crippen LogP contribution in [0.4, 0.5) is 5.82 Å². The predicted octanol–water partition coefficient (Wildman–Crippen LogP) is 4.69. The van der Waals surface area contributed by atoms with Crippen LogP contribution in [0.15, 0.2) is 42.5 Å². The summed E-state index contributed by atoms with van der Waals surface area (Å²) in [5, 5.41) is 15.1. The molecule has 2 heterocycles. The minimum absolute atomic E-state index is 0.407. The molecule has 150 valence electrons. The first kappa shape index (κ1) is 18.4. The van der Waals surface area contributed by atoms with Gasteiger partial charge in [0.25, 0.3) is 0 Å². The average molecular weight is 389 g/mol. The van der Waals surface area contributed by atoms with Gasteiger partial charge in [-0.3, -0.25) is 0 Å². The highest BCUT2D eigenvalue weighted by molar-refractivity contribution is 6.01. The van der Waals surface area contributed by atoms with Crippen molar-refractivity contribution in [2.75, 3.05) is 32.6 Å². The zero-order valence-corrected chi connectivity index (χ0v) is 17.2. The normalized spacial score (nSPS) is 20.0. The maximum absolute atomic E-state index is 5.74. The number of likely N-dealkylation sites (tertiary alicyclic amines) is 1. The molecule has 1 aliphatic heterocycles. The van der Waals surface area contributed by atoms with Gasteiger partial charge in [0.1, 0.15) is 11.4 Å². The first-order chi connectivity index (χ1) is 14.2. The highest BCUT2D eigenvalue weighted by Gasteiger charge is 2.25. The Kier molecular flexibility index (Phi) is 4.84. The fourth-order valence-electron chi connectivity index (χ4n) is 4.46. The standard InChI is InChI=1S/C24H28N4O/c1-28-13-5-6-18(15-28)25-24-20-8-4-3-7-19(20)23(26-27-24)21-12-11-17(16-9-10-16)14-22(21)29-2/h3-4,7-8,11-12,14,16,18H,5-6,9-10,13,15H2,1-2H3,(H,25,27). The van der Waals surface area contributed by atoms with Gasteiger partial charge in [0.2, 0.25) is 0 Å². The van der Waals surface area contributed by atoms with Crippen molar-refractivity contribution < 1.29 is 4.74 Å². The number of fused-ring (bicyclic) bond motifs is 1. The molecular formula is C24H28N4O. The maximum Gasteiger partial charge on any atom is 0.156 e. The van der Waals surface area contributed by atoms with Crippen LogP contribution in [0, 0.1) is 0 Å².